The third-order valence-corrected chi connectivity index (χ3v) is 7.76. The van der Waals surface area contributed by atoms with Crippen molar-refractivity contribution in [3.05, 3.63) is 83.5 Å². The van der Waals surface area contributed by atoms with Crippen molar-refractivity contribution in [1.82, 2.24) is 0 Å². The maximum atomic E-state index is 15.2. The lowest BCUT2D eigenvalue weighted by atomic mass is 9.64. The van der Waals surface area contributed by atoms with Gasteiger partial charge in [-0.3, -0.25) is 0 Å². The van der Waals surface area contributed by atoms with Crippen LogP contribution in [0.1, 0.15) is 75.8 Å². The van der Waals surface area contributed by atoms with Crippen LogP contribution in [0.2, 0.25) is 0 Å². The largest absolute Gasteiger partial charge is 0.207 e. The molecule has 0 nitrogen and oxygen atoms in total. The molecule has 4 unspecified atom stereocenters. The second-order valence-electron chi connectivity index (χ2n) is 9.78. The highest BCUT2D eigenvalue weighted by Crippen LogP contribution is 2.48. The molecular weight excluding hydrogens is 398 g/mol. The average Bonchev–Trinajstić information content (AvgIpc) is 2.80. The third kappa shape index (κ3) is 5.22. The second kappa shape index (κ2) is 10.6. The van der Waals surface area contributed by atoms with Gasteiger partial charge in [0.25, 0.3) is 0 Å². The Hall–Kier alpha value is -2.22. The van der Waals surface area contributed by atoms with Crippen LogP contribution in [-0.4, -0.2) is 0 Å². The summed E-state index contributed by atoms with van der Waals surface area (Å²) in [5.74, 6) is 2.25. The first kappa shape index (κ1) is 23.0. The Morgan fingerprint density at radius 1 is 0.812 bits per heavy atom. The van der Waals surface area contributed by atoms with Crippen LogP contribution in [0.15, 0.2) is 60.7 Å². The zero-order chi connectivity index (χ0) is 22.5. The number of rotatable bonds is 6. The van der Waals surface area contributed by atoms with Gasteiger partial charge in [0.15, 0.2) is 0 Å². The first-order chi connectivity index (χ1) is 15.6. The standard InChI is InChI=1S/C30H36F2/c1-3-5-6-8-22-11-12-25(19-29(22)31)26-15-16-28(30(32)20-26)27-14-13-23-17-21(7-4-2)9-10-24(23)18-27/h3-5,7,11-12,15-16,19-21,23-24,27H,6,8-10,13-14,17-18H2,1-2H3/b5-3+,7-4+. The summed E-state index contributed by atoms with van der Waals surface area (Å²) < 4.78 is 29.7. The van der Waals surface area contributed by atoms with Gasteiger partial charge in [-0.1, -0.05) is 48.6 Å². The Balaban J connectivity index is 1.44. The van der Waals surface area contributed by atoms with E-state index in [2.05, 4.69) is 19.1 Å². The molecule has 0 N–H and O–H groups in total. The van der Waals surface area contributed by atoms with Crippen LogP contribution in [0.5, 0.6) is 0 Å². The molecule has 4 atom stereocenters. The van der Waals surface area contributed by atoms with E-state index in [-0.39, 0.29) is 11.6 Å². The normalized spacial score (nSPS) is 26.0. The van der Waals surface area contributed by atoms with Gasteiger partial charge in [-0.2, -0.15) is 0 Å². The first-order valence-electron chi connectivity index (χ1n) is 12.4. The van der Waals surface area contributed by atoms with Gasteiger partial charge in [0.05, 0.1) is 0 Å². The summed E-state index contributed by atoms with van der Waals surface area (Å²) in [6, 6.07) is 10.8. The van der Waals surface area contributed by atoms with Crippen LogP contribution in [0.25, 0.3) is 11.1 Å². The Bertz CT molecular complexity index is 971. The lowest BCUT2D eigenvalue weighted by Gasteiger charge is -2.42. The molecule has 0 aliphatic heterocycles. The fraction of sp³-hybridized carbons (Fsp3) is 0.467. The van der Waals surface area contributed by atoms with E-state index in [4.69, 9.17) is 0 Å². The van der Waals surface area contributed by atoms with Gasteiger partial charge < -0.3 is 0 Å². The minimum Gasteiger partial charge on any atom is -0.207 e. The van der Waals surface area contributed by atoms with E-state index in [0.29, 0.717) is 17.9 Å². The van der Waals surface area contributed by atoms with Crippen molar-refractivity contribution in [2.45, 2.75) is 71.1 Å². The van der Waals surface area contributed by atoms with Crippen LogP contribution in [0, 0.1) is 29.4 Å². The van der Waals surface area contributed by atoms with Gasteiger partial charge in [0.2, 0.25) is 0 Å². The topological polar surface area (TPSA) is 0 Å². The molecule has 2 saturated carbocycles. The lowest BCUT2D eigenvalue weighted by molar-refractivity contribution is 0.132. The summed E-state index contributed by atoms with van der Waals surface area (Å²) in [4.78, 5) is 0. The van der Waals surface area contributed by atoms with Crippen LogP contribution in [-0.2, 0) is 6.42 Å². The smallest absolute Gasteiger partial charge is 0.127 e. The Kier molecular flexibility index (Phi) is 7.60. The van der Waals surface area contributed by atoms with Gasteiger partial charge in [-0.05, 0) is 123 Å². The van der Waals surface area contributed by atoms with Gasteiger partial charge in [-0.15, -0.1) is 0 Å². The number of hydrogen-bond acceptors (Lipinski definition) is 0. The maximum Gasteiger partial charge on any atom is 0.127 e. The fourth-order valence-electron chi connectivity index (χ4n) is 6.03. The Labute approximate surface area is 192 Å². The van der Waals surface area contributed by atoms with Crippen LogP contribution < -0.4 is 0 Å². The molecule has 2 aromatic carbocycles. The lowest BCUT2D eigenvalue weighted by Crippen LogP contribution is -2.30. The molecule has 0 bridgehead atoms. The van der Waals surface area contributed by atoms with Crippen LogP contribution in [0.4, 0.5) is 8.78 Å². The summed E-state index contributed by atoms with van der Waals surface area (Å²) in [6.45, 7) is 4.09. The van der Waals surface area contributed by atoms with E-state index in [9.17, 15) is 4.39 Å². The Morgan fingerprint density at radius 2 is 1.53 bits per heavy atom. The predicted octanol–water partition coefficient (Wildman–Crippen LogP) is 9.02. The van der Waals surface area contributed by atoms with Gasteiger partial charge in [-0.25, -0.2) is 8.78 Å². The quantitative estimate of drug-likeness (QED) is 0.398. The third-order valence-electron chi connectivity index (χ3n) is 7.76. The molecule has 4 rings (SSSR count). The molecule has 0 heterocycles. The fourth-order valence-corrected chi connectivity index (χ4v) is 6.03. The van der Waals surface area contributed by atoms with Gasteiger partial charge >= 0.3 is 0 Å². The van der Waals surface area contributed by atoms with Crippen LogP contribution >= 0.6 is 0 Å². The molecular formula is C30H36F2. The molecule has 0 saturated heterocycles. The molecule has 32 heavy (non-hydrogen) atoms. The monoisotopic (exact) mass is 434 g/mol. The number of halogens is 2. The summed E-state index contributed by atoms with van der Waals surface area (Å²) in [6.07, 6.45) is 17.4. The van der Waals surface area contributed by atoms with E-state index in [1.165, 1.54) is 25.7 Å². The Morgan fingerprint density at radius 3 is 2.25 bits per heavy atom. The number of allylic oxidation sites excluding steroid dienone is 4. The molecule has 2 fully saturated rings. The molecule has 0 spiro atoms. The summed E-state index contributed by atoms with van der Waals surface area (Å²) in [7, 11) is 0. The van der Waals surface area contributed by atoms with Gasteiger partial charge in [0, 0.05) is 0 Å². The van der Waals surface area contributed by atoms with Crippen molar-refractivity contribution in [1.29, 1.82) is 0 Å². The first-order valence-corrected chi connectivity index (χ1v) is 12.4. The molecule has 2 aliphatic carbocycles. The summed E-state index contributed by atoms with van der Waals surface area (Å²) in [5.41, 5.74) is 3.07. The van der Waals surface area contributed by atoms with E-state index < -0.39 is 0 Å². The zero-order valence-electron chi connectivity index (χ0n) is 19.5. The van der Waals surface area contributed by atoms with E-state index in [1.54, 1.807) is 12.1 Å². The summed E-state index contributed by atoms with van der Waals surface area (Å²) >= 11 is 0. The molecule has 170 valence electrons. The minimum atomic E-state index is -0.205. The highest BCUT2D eigenvalue weighted by Gasteiger charge is 2.36. The van der Waals surface area contributed by atoms with Crippen LogP contribution in [0.3, 0.4) is 0 Å². The van der Waals surface area contributed by atoms with Gasteiger partial charge in [0.1, 0.15) is 11.6 Å². The zero-order valence-corrected chi connectivity index (χ0v) is 19.5. The van der Waals surface area contributed by atoms with Crippen molar-refractivity contribution in [2.75, 3.05) is 0 Å². The van der Waals surface area contributed by atoms with E-state index >= 15 is 4.39 Å². The molecule has 0 amide bonds. The van der Waals surface area contributed by atoms with Crippen molar-refractivity contribution in [3.63, 3.8) is 0 Å². The number of benzene rings is 2. The number of hydrogen-bond donors (Lipinski definition) is 0. The van der Waals surface area contributed by atoms with E-state index in [0.717, 1.165) is 53.7 Å². The molecule has 0 radical (unpaired) electrons. The molecule has 0 aromatic heterocycles. The minimum absolute atomic E-state index is 0.133. The van der Waals surface area contributed by atoms with Crippen molar-refractivity contribution >= 4 is 0 Å². The highest BCUT2D eigenvalue weighted by atomic mass is 19.1. The maximum absolute atomic E-state index is 15.2. The molecule has 2 heteroatoms. The SMILES string of the molecule is C/C=C/CCc1ccc(-c2ccc(C3CCC4CC(/C=C/C)CCC4C3)c(F)c2)cc1F. The second-order valence-corrected chi connectivity index (χ2v) is 9.78. The summed E-state index contributed by atoms with van der Waals surface area (Å²) in [5, 5.41) is 0. The van der Waals surface area contributed by atoms with E-state index in [1.807, 2.05) is 43.3 Å². The molecule has 2 aromatic rings. The molecule has 2 aliphatic rings. The van der Waals surface area contributed by atoms with Crippen molar-refractivity contribution < 1.29 is 8.78 Å². The number of fused-ring (bicyclic) bond motifs is 1. The predicted molar refractivity (Wildman–Crippen MR) is 131 cm³/mol. The highest BCUT2D eigenvalue weighted by molar-refractivity contribution is 5.64. The average molecular weight is 435 g/mol. The number of aryl methyl sites for hydroxylation is 1. The van der Waals surface area contributed by atoms with Crippen molar-refractivity contribution in [2.24, 2.45) is 17.8 Å². The van der Waals surface area contributed by atoms with Crippen molar-refractivity contribution in [3.8, 4) is 11.1 Å².